The number of hydrogen-bond donors (Lipinski definition) is 2. The van der Waals surface area contributed by atoms with Crippen LogP contribution in [0.15, 0.2) is 12.2 Å². The monoisotopic (exact) mass is 380 g/mol. The van der Waals surface area contributed by atoms with E-state index in [9.17, 15) is 14.4 Å². The molecule has 0 aliphatic carbocycles. The molecule has 2 amide bonds. The lowest BCUT2D eigenvalue weighted by atomic mass is 9.81. The summed E-state index contributed by atoms with van der Waals surface area (Å²) in [6.45, 7) is 10.5. The van der Waals surface area contributed by atoms with Crippen molar-refractivity contribution in [2.24, 2.45) is 23.7 Å². The predicted octanol–water partition coefficient (Wildman–Crippen LogP) is 3.46. The molecule has 2 N–H and O–H groups in total. The molecule has 0 radical (unpaired) electrons. The highest BCUT2D eigenvalue weighted by molar-refractivity contribution is 5.88. The average molecular weight is 381 g/mol. The van der Waals surface area contributed by atoms with Crippen molar-refractivity contribution in [2.45, 2.75) is 66.3 Å². The molecule has 1 fully saturated rings. The van der Waals surface area contributed by atoms with Crippen LogP contribution in [0.3, 0.4) is 0 Å². The molecular formula is C21H36N2O4. The Morgan fingerprint density at radius 3 is 2.52 bits per heavy atom. The summed E-state index contributed by atoms with van der Waals surface area (Å²) in [6.07, 6.45) is 6.33. The number of amides is 2. The molecule has 0 aromatic heterocycles. The summed E-state index contributed by atoms with van der Waals surface area (Å²) in [5, 5.41) is 5.56. The lowest BCUT2D eigenvalue weighted by Gasteiger charge is -2.27. The lowest BCUT2D eigenvalue weighted by molar-refractivity contribution is -0.131. The smallest absolute Gasteiger partial charge is 0.407 e. The van der Waals surface area contributed by atoms with Gasteiger partial charge in [0, 0.05) is 12.5 Å². The molecule has 0 aromatic rings. The molecule has 0 bridgehead atoms. The van der Waals surface area contributed by atoms with Crippen LogP contribution < -0.4 is 10.6 Å². The van der Waals surface area contributed by atoms with Gasteiger partial charge in [0.25, 0.3) is 0 Å². The van der Waals surface area contributed by atoms with Gasteiger partial charge in [-0.05, 0) is 50.4 Å². The van der Waals surface area contributed by atoms with Crippen LogP contribution in [-0.2, 0) is 14.3 Å². The third-order valence-corrected chi connectivity index (χ3v) is 4.75. The first-order valence-electron chi connectivity index (χ1n) is 10.1. The van der Waals surface area contributed by atoms with Crippen LogP contribution in [0.5, 0.6) is 0 Å². The van der Waals surface area contributed by atoms with E-state index >= 15 is 0 Å². The molecule has 27 heavy (non-hydrogen) atoms. The molecule has 1 aliphatic rings. The maximum absolute atomic E-state index is 13.1. The van der Waals surface area contributed by atoms with Gasteiger partial charge in [0.15, 0.2) is 5.78 Å². The minimum Gasteiger partial charge on any atom is -0.450 e. The van der Waals surface area contributed by atoms with Gasteiger partial charge in [0.1, 0.15) is 0 Å². The van der Waals surface area contributed by atoms with Crippen molar-refractivity contribution in [2.75, 3.05) is 13.2 Å². The summed E-state index contributed by atoms with van der Waals surface area (Å²) in [4.78, 5) is 36.7. The first kappa shape index (κ1) is 23.2. The van der Waals surface area contributed by atoms with Crippen molar-refractivity contribution in [3.05, 3.63) is 12.2 Å². The maximum atomic E-state index is 13.1. The zero-order valence-electron chi connectivity index (χ0n) is 17.4. The van der Waals surface area contributed by atoms with E-state index in [2.05, 4.69) is 50.5 Å². The molecule has 3 unspecified atom stereocenters. The third kappa shape index (κ3) is 9.07. The Morgan fingerprint density at radius 1 is 1.22 bits per heavy atom. The third-order valence-electron chi connectivity index (χ3n) is 4.75. The molecule has 1 aliphatic heterocycles. The van der Waals surface area contributed by atoms with Crippen molar-refractivity contribution in [1.29, 1.82) is 0 Å². The maximum Gasteiger partial charge on any atom is 0.407 e. The summed E-state index contributed by atoms with van der Waals surface area (Å²) in [7, 11) is 0. The van der Waals surface area contributed by atoms with Crippen LogP contribution in [0.25, 0.3) is 0 Å². The Kier molecular flexibility index (Phi) is 10.1. The summed E-state index contributed by atoms with van der Waals surface area (Å²) in [5.41, 5.74) is 0. The molecule has 6 heteroatoms. The molecule has 154 valence electrons. The Balaban J connectivity index is 3.10. The second kappa shape index (κ2) is 11.8. The number of carbonyl (C=O) groups excluding carboxylic acids is 3. The van der Waals surface area contributed by atoms with Crippen molar-refractivity contribution in [3.63, 3.8) is 0 Å². The van der Waals surface area contributed by atoms with E-state index < -0.39 is 12.1 Å². The standard InChI is InChI=1S/C21H36N2O4/c1-14(2)8-9-17-7-6-12-27-21(26)22-11-10-19(16(5)24)23-20(25)18(17)13-15(3)4/h8-9,14-15,17-19H,6-7,10-13H2,1-5H3,(H,22,26)(H,23,25)/b9-8+. The fourth-order valence-electron chi connectivity index (χ4n) is 3.29. The van der Waals surface area contributed by atoms with E-state index in [1.807, 2.05) is 0 Å². The Labute approximate surface area is 163 Å². The van der Waals surface area contributed by atoms with Gasteiger partial charge >= 0.3 is 6.09 Å². The van der Waals surface area contributed by atoms with Crippen LogP contribution in [0.2, 0.25) is 0 Å². The average Bonchev–Trinajstić information content (AvgIpc) is 2.58. The number of ketones is 1. The summed E-state index contributed by atoms with van der Waals surface area (Å²) in [5.74, 6) is 0.423. The molecule has 1 rings (SSSR count). The van der Waals surface area contributed by atoms with Gasteiger partial charge in [-0.25, -0.2) is 4.79 Å². The molecule has 0 aromatic carbocycles. The van der Waals surface area contributed by atoms with Gasteiger partial charge in [0.05, 0.1) is 12.6 Å². The van der Waals surface area contributed by atoms with Gasteiger partial charge in [-0.2, -0.15) is 0 Å². The Morgan fingerprint density at radius 2 is 1.93 bits per heavy atom. The number of nitrogens with one attached hydrogen (secondary N) is 2. The van der Waals surface area contributed by atoms with E-state index in [1.165, 1.54) is 6.92 Å². The van der Waals surface area contributed by atoms with E-state index in [-0.39, 0.29) is 30.1 Å². The number of Topliss-reactive ketones (excluding diaryl/α,β-unsaturated/α-hetero) is 1. The number of rotatable bonds is 5. The van der Waals surface area contributed by atoms with Crippen LogP contribution >= 0.6 is 0 Å². The van der Waals surface area contributed by atoms with Crippen molar-refractivity contribution in [1.82, 2.24) is 10.6 Å². The zero-order chi connectivity index (χ0) is 20.4. The minimum atomic E-state index is -0.594. The van der Waals surface area contributed by atoms with Gasteiger partial charge in [-0.1, -0.05) is 39.8 Å². The molecule has 6 nitrogen and oxygen atoms in total. The highest BCUT2D eigenvalue weighted by atomic mass is 16.5. The number of carbonyl (C=O) groups is 3. The van der Waals surface area contributed by atoms with E-state index in [1.54, 1.807) is 0 Å². The molecule has 1 saturated heterocycles. The van der Waals surface area contributed by atoms with Gasteiger partial charge in [0.2, 0.25) is 5.91 Å². The Bertz CT molecular complexity index is 528. The van der Waals surface area contributed by atoms with E-state index in [0.29, 0.717) is 31.3 Å². The SMILES string of the molecule is CC(=O)C1CCNC(=O)OCCCC(/C=C/C(C)C)C(CC(C)C)C(=O)N1. The second-order valence-corrected chi connectivity index (χ2v) is 8.19. The van der Waals surface area contributed by atoms with Crippen molar-refractivity contribution < 1.29 is 19.1 Å². The minimum absolute atomic E-state index is 0.0508. The topological polar surface area (TPSA) is 84.5 Å². The molecular weight excluding hydrogens is 344 g/mol. The highest BCUT2D eigenvalue weighted by Gasteiger charge is 2.30. The normalized spacial score (nSPS) is 26.0. The van der Waals surface area contributed by atoms with E-state index in [0.717, 1.165) is 12.8 Å². The first-order chi connectivity index (χ1) is 12.7. The van der Waals surface area contributed by atoms with Gasteiger partial charge in [-0.15, -0.1) is 0 Å². The van der Waals surface area contributed by atoms with Crippen LogP contribution in [0.4, 0.5) is 4.79 Å². The van der Waals surface area contributed by atoms with Crippen molar-refractivity contribution >= 4 is 17.8 Å². The molecule has 0 spiro atoms. The van der Waals surface area contributed by atoms with Crippen LogP contribution in [-0.4, -0.2) is 37.0 Å². The first-order valence-corrected chi connectivity index (χ1v) is 10.1. The quantitative estimate of drug-likeness (QED) is 0.715. The molecule has 3 atom stereocenters. The summed E-state index contributed by atoms with van der Waals surface area (Å²) in [6, 6.07) is -0.594. The molecule has 0 saturated carbocycles. The summed E-state index contributed by atoms with van der Waals surface area (Å²) >= 11 is 0. The predicted molar refractivity (Wildman–Crippen MR) is 106 cm³/mol. The second-order valence-electron chi connectivity index (χ2n) is 8.19. The number of ether oxygens (including phenoxy) is 1. The number of allylic oxidation sites excluding steroid dienone is 2. The number of cyclic esters (lactones) is 1. The van der Waals surface area contributed by atoms with Gasteiger partial charge in [-0.3, -0.25) is 9.59 Å². The number of alkyl carbamates (subject to hydrolysis) is 1. The zero-order valence-corrected chi connectivity index (χ0v) is 17.4. The fraction of sp³-hybridized carbons (Fsp3) is 0.762. The van der Waals surface area contributed by atoms with Crippen molar-refractivity contribution in [3.8, 4) is 0 Å². The Hall–Kier alpha value is -1.85. The van der Waals surface area contributed by atoms with Crippen LogP contribution in [0, 0.1) is 23.7 Å². The fourth-order valence-corrected chi connectivity index (χ4v) is 3.29. The van der Waals surface area contributed by atoms with E-state index in [4.69, 9.17) is 4.74 Å². The summed E-state index contributed by atoms with van der Waals surface area (Å²) < 4.78 is 5.20. The number of hydrogen-bond acceptors (Lipinski definition) is 4. The van der Waals surface area contributed by atoms with Crippen LogP contribution in [0.1, 0.15) is 60.3 Å². The highest BCUT2D eigenvalue weighted by Crippen LogP contribution is 2.27. The lowest BCUT2D eigenvalue weighted by Crippen LogP contribution is -2.46. The largest absolute Gasteiger partial charge is 0.450 e. The molecule has 1 heterocycles. The van der Waals surface area contributed by atoms with Gasteiger partial charge < -0.3 is 15.4 Å².